The summed E-state index contributed by atoms with van der Waals surface area (Å²) in [7, 11) is 0. The molecule has 20 heavy (non-hydrogen) atoms. The van der Waals surface area contributed by atoms with Gasteiger partial charge in [-0.1, -0.05) is 37.1 Å². The molecule has 2 saturated carbocycles. The van der Waals surface area contributed by atoms with Gasteiger partial charge in [-0.15, -0.1) is 0 Å². The molecule has 1 aromatic carbocycles. The van der Waals surface area contributed by atoms with Crippen LogP contribution in [0.1, 0.15) is 75.5 Å². The lowest BCUT2D eigenvalue weighted by Crippen LogP contribution is -2.38. The molecule has 2 fully saturated rings. The number of hydrogen-bond donors (Lipinski definition) is 1. The van der Waals surface area contributed by atoms with E-state index in [0.717, 1.165) is 11.5 Å². The molecule has 1 aromatic rings. The molecule has 2 aliphatic carbocycles. The maximum absolute atomic E-state index is 3.88. The van der Waals surface area contributed by atoms with Crippen molar-refractivity contribution < 1.29 is 0 Å². The Morgan fingerprint density at radius 3 is 2.35 bits per heavy atom. The summed E-state index contributed by atoms with van der Waals surface area (Å²) >= 11 is 0. The Hall–Kier alpha value is -0.820. The van der Waals surface area contributed by atoms with Crippen molar-refractivity contribution in [2.45, 2.75) is 77.3 Å². The summed E-state index contributed by atoms with van der Waals surface area (Å²) in [5, 5.41) is 3.88. The smallest absolute Gasteiger partial charge is 0.0296 e. The maximum Gasteiger partial charge on any atom is 0.0296 e. The lowest BCUT2D eigenvalue weighted by atomic mass is 9.71. The molecule has 0 saturated heterocycles. The molecule has 2 aliphatic rings. The Balaban J connectivity index is 1.56. The van der Waals surface area contributed by atoms with Crippen LogP contribution in [0, 0.1) is 12.3 Å². The first-order valence-corrected chi connectivity index (χ1v) is 8.50. The molecule has 110 valence electrons. The molecule has 0 aliphatic heterocycles. The highest BCUT2D eigenvalue weighted by Gasteiger charge is 2.37. The van der Waals surface area contributed by atoms with Crippen LogP contribution in [-0.4, -0.2) is 6.04 Å². The monoisotopic (exact) mass is 271 g/mol. The summed E-state index contributed by atoms with van der Waals surface area (Å²) in [5.74, 6) is 0. The standard InChI is InChI=1S/C19H29N/c1-15-7-3-4-8-18(15)16(2)20-17-9-13-19(14-10-17)11-5-6-12-19/h3-4,7-8,16-17,20H,5-6,9-14H2,1-2H3/t16-/m1/s1. The van der Waals surface area contributed by atoms with E-state index in [9.17, 15) is 0 Å². The normalized spacial score (nSPS) is 24.1. The molecule has 0 bridgehead atoms. The Kier molecular flexibility index (Phi) is 4.16. The van der Waals surface area contributed by atoms with Gasteiger partial charge in [0.05, 0.1) is 0 Å². The second-order valence-electron chi connectivity index (χ2n) is 7.23. The highest BCUT2D eigenvalue weighted by molar-refractivity contribution is 5.28. The third-order valence-corrected chi connectivity index (χ3v) is 5.85. The summed E-state index contributed by atoms with van der Waals surface area (Å²) in [6.45, 7) is 4.55. The van der Waals surface area contributed by atoms with Gasteiger partial charge >= 0.3 is 0 Å². The molecule has 1 N–H and O–H groups in total. The Morgan fingerprint density at radius 1 is 1.05 bits per heavy atom. The summed E-state index contributed by atoms with van der Waals surface area (Å²) in [6.07, 6.45) is 11.7. The van der Waals surface area contributed by atoms with Gasteiger partial charge < -0.3 is 5.32 Å². The SMILES string of the molecule is Cc1ccccc1[C@@H](C)NC1CCC2(CCCC2)CC1. The molecule has 0 amide bonds. The van der Waals surface area contributed by atoms with Crippen molar-refractivity contribution in [2.75, 3.05) is 0 Å². The van der Waals surface area contributed by atoms with Crippen molar-refractivity contribution in [3.63, 3.8) is 0 Å². The molecule has 0 heterocycles. The van der Waals surface area contributed by atoms with Gasteiger partial charge in [0, 0.05) is 12.1 Å². The van der Waals surface area contributed by atoms with Crippen LogP contribution in [-0.2, 0) is 0 Å². The average molecular weight is 271 g/mol. The topological polar surface area (TPSA) is 12.0 Å². The quantitative estimate of drug-likeness (QED) is 0.801. The first kappa shape index (κ1) is 14.1. The predicted octanol–water partition coefficient (Wildman–Crippen LogP) is 5.15. The second-order valence-corrected chi connectivity index (χ2v) is 7.23. The van der Waals surface area contributed by atoms with Crippen molar-refractivity contribution in [1.82, 2.24) is 5.32 Å². The first-order chi connectivity index (χ1) is 9.69. The van der Waals surface area contributed by atoms with Crippen molar-refractivity contribution in [1.29, 1.82) is 0 Å². The zero-order valence-electron chi connectivity index (χ0n) is 13.1. The lowest BCUT2D eigenvalue weighted by Gasteiger charge is -2.38. The largest absolute Gasteiger partial charge is 0.307 e. The van der Waals surface area contributed by atoms with Crippen LogP contribution in [0.2, 0.25) is 0 Å². The van der Waals surface area contributed by atoms with E-state index in [-0.39, 0.29) is 0 Å². The fraction of sp³-hybridized carbons (Fsp3) is 0.684. The second kappa shape index (κ2) is 5.89. The van der Waals surface area contributed by atoms with Crippen LogP contribution in [0.3, 0.4) is 0 Å². The molecule has 1 atom stereocenters. The van der Waals surface area contributed by atoms with Crippen LogP contribution in [0.4, 0.5) is 0 Å². The number of benzene rings is 1. The van der Waals surface area contributed by atoms with Gasteiger partial charge in [0.2, 0.25) is 0 Å². The number of nitrogens with one attached hydrogen (secondary N) is 1. The third kappa shape index (κ3) is 2.93. The van der Waals surface area contributed by atoms with E-state index in [2.05, 4.69) is 43.4 Å². The number of hydrogen-bond acceptors (Lipinski definition) is 1. The van der Waals surface area contributed by atoms with Gasteiger partial charge in [-0.05, 0) is 68.9 Å². The Labute approximate surface area is 124 Å². The molecule has 3 rings (SSSR count). The summed E-state index contributed by atoms with van der Waals surface area (Å²) in [6, 6.07) is 10.0. The molecule has 1 heteroatoms. The number of aryl methyl sites for hydroxylation is 1. The van der Waals surface area contributed by atoms with Crippen LogP contribution < -0.4 is 5.32 Å². The van der Waals surface area contributed by atoms with Crippen LogP contribution >= 0.6 is 0 Å². The minimum atomic E-state index is 0.485. The van der Waals surface area contributed by atoms with Gasteiger partial charge in [-0.2, -0.15) is 0 Å². The van der Waals surface area contributed by atoms with Crippen molar-refractivity contribution in [3.05, 3.63) is 35.4 Å². The van der Waals surface area contributed by atoms with Crippen molar-refractivity contribution >= 4 is 0 Å². The molecular formula is C19H29N. The molecule has 0 radical (unpaired) electrons. The first-order valence-electron chi connectivity index (χ1n) is 8.50. The van der Waals surface area contributed by atoms with Crippen molar-refractivity contribution in [2.24, 2.45) is 5.41 Å². The van der Waals surface area contributed by atoms with E-state index >= 15 is 0 Å². The average Bonchev–Trinajstić information content (AvgIpc) is 2.90. The van der Waals surface area contributed by atoms with E-state index < -0.39 is 0 Å². The van der Waals surface area contributed by atoms with E-state index in [1.54, 1.807) is 0 Å². The molecule has 0 aromatic heterocycles. The van der Waals surface area contributed by atoms with Gasteiger partial charge in [-0.25, -0.2) is 0 Å². The van der Waals surface area contributed by atoms with Crippen LogP contribution in [0.25, 0.3) is 0 Å². The minimum Gasteiger partial charge on any atom is -0.307 e. The van der Waals surface area contributed by atoms with Gasteiger partial charge in [0.1, 0.15) is 0 Å². The maximum atomic E-state index is 3.88. The van der Waals surface area contributed by atoms with E-state index in [1.165, 1.54) is 62.5 Å². The van der Waals surface area contributed by atoms with Gasteiger partial charge in [0.15, 0.2) is 0 Å². The molecule has 0 unspecified atom stereocenters. The summed E-state index contributed by atoms with van der Waals surface area (Å²) in [4.78, 5) is 0. The van der Waals surface area contributed by atoms with Crippen molar-refractivity contribution in [3.8, 4) is 0 Å². The fourth-order valence-electron chi connectivity index (χ4n) is 4.54. The minimum absolute atomic E-state index is 0.485. The Bertz CT molecular complexity index is 435. The third-order valence-electron chi connectivity index (χ3n) is 5.85. The van der Waals surface area contributed by atoms with Gasteiger partial charge in [0.25, 0.3) is 0 Å². The summed E-state index contributed by atoms with van der Waals surface area (Å²) < 4.78 is 0. The zero-order chi connectivity index (χ0) is 14.0. The Morgan fingerprint density at radius 2 is 1.70 bits per heavy atom. The molecular weight excluding hydrogens is 242 g/mol. The van der Waals surface area contributed by atoms with E-state index in [4.69, 9.17) is 0 Å². The van der Waals surface area contributed by atoms with Crippen LogP contribution in [0.15, 0.2) is 24.3 Å². The fourth-order valence-corrected chi connectivity index (χ4v) is 4.54. The highest BCUT2D eigenvalue weighted by Crippen LogP contribution is 2.49. The van der Waals surface area contributed by atoms with Crippen LogP contribution in [0.5, 0.6) is 0 Å². The summed E-state index contributed by atoms with van der Waals surface area (Å²) in [5.41, 5.74) is 3.63. The van der Waals surface area contributed by atoms with Gasteiger partial charge in [-0.3, -0.25) is 0 Å². The molecule has 1 spiro atoms. The molecule has 1 nitrogen and oxygen atoms in total. The highest BCUT2D eigenvalue weighted by atomic mass is 14.9. The zero-order valence-corrected chi connectivity index (χ0v) is 13.1. The van der Waals surface area contributed by atoms with E-state index in [1.807, 2.05) is 0 Å². The van der Waals surface area contributed by atoms with E-state index in [0.29, 0.717) is 6.04 Å². The number of rotatable bonds is 3. The predicted molar refractivity (Wildman–Crippen MR) is 85.9 cm³/mol. The lowest BCUT2D eigenvalue weighted by molar-refractivity contribution is 0.164.